The summed E-state index contributed by atoms with van der Waals surface area (Å²) in [6, 6.07) is 15.3. The summed E-state index contributed by atoms with van der Waals surface area (Å²) >= 11 is 12.1. The molecule has 0 radical (unpaired) electrons. The number of Topliss-reactive ketones (excluding diaryl/α,β-unsaturated/α-hetero) is 1. The zero-order chi connectivity index (χ0) is 40.0. The van der Waals surface area contributed by atoms with Crippen molar-refractivity contribution in [3.05, 3.63) is 82.4 Å². The first-order valence-corrected chi connectivity index (χ1v) is 22.6. The van der Waals surface area contributed by atoms with Crippen molar-refractivity contribution in [3.63, 3.8) is 0 Å². The van der Waals surface area contributed by atoms with Crippen LogP contribution >= 0.6 is 35.2 Å². The molecule has 7 nitrogen and oxygen atoms in total. The molecule has 7 rings (SSSR count). The van der Waals surface area contributed by atoms with Gasteiger partial charge in [-0.3, -0.25) is 4.79 Å². The van der Waals surface area contributed by atoms with Crippen molar-refractivity contribution in [2.45, 2.75) is 126 Å². The first-order chi connectivity index (χ1) is 27.1. The number of thiocarbonyl (C=S) groups is 1. The summed E-state index contributed by atoms with van der Waals surface area (Å²) in [6.45, 7) is 4.31. The van der Waals surface area contributed by atoms with Crippen LogP contribution in [0.1, 0.15) is 120 Å². The molecule has 12 heteroatoms. The van der Waals surface area contributed by atoms with Gasteiger partial charge in [-0.25, -0.2) is 13.8 Å². The molecule has 2 aliphatic heterocycles. The van der Waals surface area contributed by atoms with Gasteiger partial charge in [0.2, 0.25) is 0 Å². The van der Waals surface area contributed by atoms with E-state index in [1.165, 1.54) is 51.3 Å². The Morgan fingerprint density at radius 2 is 1.38 bits per heavy atom. The highest BCUT2D eigenvalue weighted by Gasteiger charge is 2.42. The number of alkyl halides is 1. The molecule has 3 heterocycles. The van der Waals surface area contributed by atoms with Crippen LogP contribution in [-0.4, -0.2) is 83.9 Å². The predicted octanol–water partition coefficient (Wildman–Crippen LogP) is 9.57. The minimum Gasteiger partial charge on any atom is -0.376 e. The van der Waals surface area contributed by atoms with E-state index in [1.807, 2.05) is 12.1 Å². The van der Waals surface area contributed by atoms with Crippen molar-refractivity contribution in [2.24, 2.45) is 5.73 Å². The van der Waals surface area contributed by atoms with Crippen molar-refractivity contribution >= 4 is 51.2 Å². The van der Waals surface area contributed by atoms with Crippen LogP contribution in [0, 0.1) is 11.6 Å². The number of halogens is 3. The molecule has 2 atom stereocenters. The molecule has 56 heavy (non-hydrogen) atoms. The number of hydrogen-bond acceptors (Lipinski definition) is 7. The number of anilines is 1. The van der Waals surface area contributed by atoms with Crippen molar-refractivity contribution in [1.29, 1.82) is 0 Å². The Hall–Kier alpha value is -2.70. The molecule has 2 saturated heterocycles. The molecular weight excluding hydrogens is 766 g/mol. The molecule has 2 unspecified atom stereocenters. The summed E-state index contributed by atoms with van der Waals surface area (Å²) in [5, 5.41) is 10.0. The largest absolute Gasteiger partial charge is 0.376 e. The van der Waals surface area contributed by atoms with Gasteiger partial charge in [-0.2, -0.15) is 0 Å². The van der Waals surface area contributed by atoms with Gasteiger partial charge in [0.1, 0.15) is 11.6 Å². The highest BCUT2D eigenvalue weighted by atomic mass is 35.5. The van der Waals surface area contributed by atoms with Crippen molar-refractivity contribution in [1.82, 2.24) is 20.1 Å². The smallest absolute Gasteiger partial charge is 0.182 e. The van der Waals surface area contributed by atoms with Crippen LogP contribution in [0.3, 0.4) is 0 Å². The lowest BCUT2D eigenvalue weighted by atomic mass is 9.67. The third-order valence-corrected chi connectivity index (χ3v) is 13.9. The summed E-state index contributed by atoms with van der Waals surface area (Å²) in [5.41, 5.74) is 6.80. The number of hydrogen-bond donors (Lipinski definition) is 3. The Morgan fingerprint density at radius 3 is 1.89 bits per heavy atom. The van der Waals surface area contributed by atoms with Crippen LogP contribution < -0.4 is 16.4 Å². The van der Waals surface area contributed by atoms with Crippen LogP contribution in [0.5, 0.6) is 0 Å². The zero-order valence-corrected chi connectivity index (χ0v) is 35.9. The third-order valence-electron chi connectivity index (χ3n) is 12.7. The molecular formula is C44H63ClF2N6OS2. The van der Waals surface area contributed by atoms with Crippen LogP contribution in [0.15, 0.2) is 53.9 Å². The monoisotopic (exact) mass is 828 g/mol. The second-order valence-electron chi connectivity index (χ2n) is 16.2. The van der Waals surface area contributed by atoms with Crippen molar-refractivity contribution in [2.75, 3.05) is 51.5 Å². The van der Waals surface area contributed by atoms with E-state index in [1.54, 1.807) is 41.7 Å². The van der Waals surface area contributed by atoms with Gasteiger partial charge in [-0.15, -0.1) is 22.9 Å². The SMILES string of the molecule is CN1CCCC1CCNC(N)=S.CN1CCCC1CCNc1nc(C2(c3ccccc3F)CCCCC2)cs1.O=C(CCl)C1(c2ccccc2F)CCCCC1. The van der Waals surface area contributed by atoms with E-state index in [4.69, 9.17) is 34.5 Å². The Balaban J connectivity index is 0.000000177. The van der Waals surface area contributed by atoms with Gasteiger partial charge in [-0.1, -0.05) is 74.9 Å². The molecule has 2 aliphatic carbocycles. The quantitative estimate of drug-likeness (QED) is 0.123. The summed E-state index contributed by atoms with van der Waals surface area (Å²) in [5.74, 6) is -0.447. The van der Waals surface area contributed by atoms with E-state index in [2.05, 4.69) is 39.9 Å². The Morgan fingerprint density at radius 1 is 0.839 bits per heavy atom. The van der Waals surface area contributed by atoms with E-state index in [0.717, 1.165) is 106 Å². The molecule has 0 amide bonds. The number of ketones is 1. The molecule has 0 spiro atoms. The van der Waals surface area contributed by atoms with Gasteiger partial charge in [0.05, 0.1) is 17.0 Å². The number of likely N-dealkylation sites (tertiary alicyclic amines) is 2. The number of thiazole rings is 1. The maximum absolute atomic E-state index is 14.7. The van der Waals surface area contributed by atoms with Gasteiger partial charge >= 0.3 is 0 Å². The van der Waals surface area contributed by atoms with Gasteiger partial charge in [0.25, 0.3) is 0 Å². The summed E-state index contributed by atoms with van der Waals surface area (Å²) in [7, 11) is 4.40. The number of benzene rings is 2. The summed E-state index contributed by atoms with van der Waals surface area (Å²) in [6.07, 6.45) is 17.6. The molecule has 3 aromatic rings. The summed E-state index contributed by atoms with van der Waals surface area (Å²) in [4.78, 5) is 21.9. The van der Waals surface area contributed by atoms with Crippen LogP contribution in [0.25, 0.3) is 0 Å². The lowest BCUT2D eigenvalue weighted by Crippen LogP contribution is -2.39. The van der Waals surface area contributed by atoms with Gasteiger partial charge < -0.3 is 26.2 Å². The van der Waals surface area contributed by atoms with Crippen LogP contribution in [-0.2, 0) is 15.6 Å². The predicted molar refractivity (Wildman–Crippen MR) is 233 cm³/mol. The van der Waals surface area contributed by atoms with E-state index in [-0.39, 0.29) is 28.7 Å². The Labute approximate surface area is 348 Å². The van der Waals surface area contributed by atoms with E-state index >= 15 is 0 Å². The number of aromatic nitrogens is 1. The Kier molecular flexibility index (Phi) is 17.4. The number of carbonyl (C=O) groups excluding carboxylic acids is 1. The highest BCUT2D eigenvalue weighted by molar-refractivity contribution is 7.80. The second-order valence-corrected chi connectivity index (χ2v) is 17.8. The zero-order valence-electron chi connectivity index (χ0n) is 33.5. The van der Waals surface area contributed by atoms with Crippen molar-refractivity contribution < 1.29 is 13.6 Å². The molecule has 4 N–H and O–H groups in total. The molecule has 1 aromatic heterocycles. The fourth-order valence-corrected chi connectivity index (χ4v) is 10.7. The maximum Gasteiger partial charge on any atom is 0.182 e. The van der Waals surface area contributed by atoms with E-state index in [0.29, 0.717) is 16.7 Å². The van der Waals surface area contributed by atoms with Gasteiger partial charge in [0, 0.05) is 41.5 Å². The number of carbonyl (C=O) groups is 1. The van der Waals surface area contributed by atoms with Crippen molar-refractivity contribution in [3.8, 4) is 0 Å². The van der Waals surface area contributed by atoms with Gasteiger partial charge in [0.15, 0.2) is 16.0 Å². The maximum atomic E-state index is 14.7. The van der Waals surface area contributed by atoms with E-state index in [9.17, 15) is 13.6 Å². The first kappa shape index (κ1) is 44.4. The molecule has 2 saturated carbocycles. The topological polar surface area (TPSA) is 86.5 Å². The average molecular weight is 830 g/mol. The average Bonchev–Trinajstić information content (AvgIpc) is 3.97. The van der Waals surface area contributed by atoms with Gasteiger partial charge in [-0.05, 0) is 121 Å². The number of nitrogens with zero attached hydrogens (tertiary/aromatic N) is 3. The standard InChI is InChI=1S/C22H30FN3S.C14H16ClFO.C8H17N3S/c1-26-15-7-8-17(26)11-14-24-21-25-20(16-27-21)22(12-5-2-6-13-22)18-9-3-4-10-19(18)23;15-10-13(17)14(8-4-1-5-9-14)11-6-2-3-7-12(11)16;1-11-6-2-3-7(11)4-5-10-8(9)12/h3-4,9-10,16-17H,2,5-8,11-15H2,1H3,(H,24,25);2-3,6-7H,1,4-5,8-10H2;7H,2-6H2,1H3,(H3,9,10,12). The highest BCUT2D eigenvalue weighted by Crippen LogP contribution is 2.46. The van der Waals surface area contributed by atoms with Crippen LogP contribution in [0.4, 0.5) is 13.9 Å². The number of nitrogens with one attached hydrogen (secondary N) is 2. The number of nitrogens with two attached hydrogens (primary N) is 1. The fraction of sp³-hybridized carbons (Fsp3) is 0.614. The Bertz CT molecular complexity index is 1680. The second kappa shape index (κ2) is 21.9. The molecule has 4 aliphatic rings. The molecule has 2 aromatic carbocycles. The molecule has 308 valence electrons. The lowest BCUT2D eigenvalue weighted by Gasteiger charge is -2.36. The third kappa shape index (κ3) is 11.5. The first-order valence-electron chi connectivity index (χ1n) is 20.8. The summed E-state index contributed by atoms with van der Waals surface area (Å²) < 4.78 is 28.6. The normalized spacial score (nSPS) is 21.9. The number of rotatable bonds is 12. The van der Waals surface area contributed by atoms with E-state index < -0.39 is 5.41 Å². The lowest BCUT2D eigenvalue weighted by molar-refractivity contribution is -0.123. The molecule has 4 fully saturated rings. The minimum absolute atomic E-state index is 0.0334. The minimum atomic E-state index is -0.675. The molecule has 0 bridgehead atoms. The fourth-order valence-electron chi connectivity index (χ4n) is 9.47. The van der Waals surface area contributed by atoms with Crippen LogP contribution in [0.2, 0.25) is 0 Å².